The molecule has 0 unspecified atom stereocenters. The molecule has 2 heteroatoms. The topological polar surface area (TPSA) is 26.3 Å². The highest BCUT2D eigenvalue weighted by Crippen LogP contribution is 2.28. The highest BCUT2D eigenvalue weighted by molar-refractivity contribution is 6.09. The summed E-state index contributed by atoms with van der Waals surface area (Å²) in [5.41, 5.74) is 2.85. The molecule has 1 aliphatic carbocycles. The number of ketones is 1. The summed E-state index contributed by atoms with van der Waals surface area (Å²) in [5, 5.41) is 0. The fourth-order valence-corrected chi connectivity index (χ4v) is 2.22. The van der Waals surface area contributed by atoms with Gasteiger partial charge in [-0.15, -0.1) is 0 Å². The molecule has 0 radical (unpaired) electrons. The summed E-state index contributed by atoms with van der Waals surface area (Å²) in [7, 11) is 1.60. The van der Waals surface area contributed by atoms with E-state index in [0.29, 0.717) is 5.56 Å². The minimum Gasteiger partial charge on any atom is -0.497 e. The molecule has 0 N–H and O–H groups in total. The number of ether oxygens (including phenoxy) is 1. The zero-order valence-corrected chi connectivity index (χ0v) is 14.1. The molecule has 1 aliphatic rings. The molecule has 0 amide bonds. The average Bonchev–Trinajstić information content (AvgIpc) is 2.78. The Balaban J connectivity index is 2.10. The first-order valence-corrected chi connectivity index (χ1v) is 7.69. The van der Waals surface area contributed by atoms with Crippen LogP contribution in [0.1, 0.15) is 37.6 Å². The number of methoxy groups -OCH3 is 1. The zero-order valence-electron chi connectivity index (χ0n) is 14.1. The maximum absolute atomic E-state index is 12.1. The van der Waals surface area contributed by atoms with Crippen LogP contribution in [-0.2, 0) is 0 Å². The Bertz CT molecular complexity index is 727. The predicted octanol–water partition coefficient (Wildman–Crippen LogP) is 4.74. The molecular formula is C21H22O2. The Morgan fingerprint density at radius 3 is 2.39 bits per heavy atom. The Morgan fingerprint density at radius 2 is 1.78 bits per heavy atom. The molecule has 0 aromatic heterocycles. The summed E-state index contributed by atoms with van der Waals surface area (Å²) in [6, 6.07) is 6.98. The summed E-state index contributed by atoms with van der Waals surface area (Å²) in [6.45, 7) is 6.56. The van der Waals surface area contributed by atoms with Gasteiger partial charge >= 0.3 is 0 Å². The van der Waals surface area contributed by atoms with Crippen LogP contribution in [0.15, 0.2) is 59.7 Å². The van der Waals surface area contributed by atoms with E-state index in [2.05, 4.69) is 44.8 Å². The van der Waals surface area contributed by atoms with Gasteiger partial charge in [-0.25, -0.2) is 0 Å². The van der Waals surface area contributed by atoms with Crippen molar-refractivity contribution < 1.29 is 9.53 Å². The van der Waals surface area contributed by atoms with Crippen molar-refractivity contribution >= 4 is 5.78 Å². The van der Waals surface area contributed by atoms with Crippen molar-refractivity contribution in [2.24, 2.45) is 5.41 Å². The summed E-state index contributed by atoms with van der Waals surface area (Å²) in [4.78, 5) is 12.1. The summed E-state index contributed by atoms with van der Waals surface area (Å²) >= 11 is 0. The molecule has 0 atom stereocenters. The van der Waals surface area contributed by atoms with Gasteiger partial charge in [0.2, 0.25) is 5.78 Å². The van der Waals surface area contributed by atoms with E-state index in [-0.39, 0.29) is 11.2 Å². The summed E-state index contributed by atoms with van der Waals surface area (Å²) in [6.07, 6.45) is 9.16. The molecule has 0 fully saturated rings. The van der Waals surface area contributed by atoms with Crippen molar-refractivity contribution in [1.82, 2.24) is 0 Å². The van der Waals surface area contributed by atoms with Gasteiger partial charge in [0.25, 0.3) is 0 Å². The lowest BCUT2D eigenvalue weighted by atomic mass is 9.86. The standard InChI is InChI=1S/C21H22O2/c1-21(2,3)18-7-5-6-16(8-12-18)9-15-20(22)17-10-13-19(23-4)14-11-17/h6-8,10-14H,5H2,1-4H3. The van der Waals surface area contributed by atoms with Crippen LogP contribution in [0, 0.1) is 17.3 Å². The van der Waals surface area contributed by atoms with Crippen LogP contribution >= 0.6 is 0 Å². The third kappa shape index (κ3) is 4.72. The smallest absolute Gasteiger partial charge is 0.236 e. The Kier molecular flexibility index (Phi) is 5.24. The van der Waals surface area contributed by atoms with Crippen molar-refractivity contribution in [2.75, 3.05) is 7.11 Å². The van der Waals surface area contributed by atoms with Crippen LogP contribution in [0.3, 0.4) is 0 Å². The van der Waals surface area contributed by atoms with E-state index in [1.165, 1.54) is 5.57 Å². The van der Waals surface area contributed by atoms with E-state index < -0.39 is 0 Å². The molecule has 0 aliphatic heterocycles. The van der Waals surface area contributed by atoms with Gasteiger partial charge in [-0.2, -0.15) is 0 Å². The number of carbonyl (C=O) groups excluding carboxylic acids is 1. The first-order valence-electron chi connectivity index (χ1n) is 7.69. The van der Waals surface area contributed by atoms with Gasteiger partial charge in [0, 0.05) is 11.1 Å². The zero-order chi connectivity index (χ0) is 16.9. The van der Waals surface area contributed by atoms with Crippen LogP contribution in [-0.4, -0.2) is 12.9 Å². The number of rotatable bonds is 2. The molecule has 1 aromatic rings. The lowest BCUT2D eigenvalue weighted by molar-refractivity contribution is 0.105. The van der Waals surface area contributed by atoms with E-state index >= 15 is 0 Å². The fraction of sp³-hybridized carbons (Fsp3) is 0.286. The monoisotopic (exact) mass is 306 g/mol. The minimum atomic E-state index is -0.185. The maximum Gasteiger partial charge on any atom is 0.236 e. The minimum absolute atomic E-state index is 0.117. The van der Waals surface area contributed by atoms with Gasteiger partial charge in [0.15, 0.2) is 0 Å². The van der Waals surface area contributed by atoms with Crippen LogP contribution in [0.2, 0.25) is 0 Å². The molecule has 0 saturated carbocycles. The van der Waals surface area contributed by atoms with Gasteiger partial charge in [-0.1, -0.05) is 44.9 Å². The number of hydrogen-bond acceptors (Lipinski definition) is 2. The molecule has 23 heavy (non-hydrogen) atoms. The highest BCUT2D eigenvalue weighted by Gasteiger charge is 2.14. The normalized spacial score (nSPS) is 14.1. The lowest BCUT2D eigenvalue weighted by Gasteiger charge is -2.19. The molecular weight excluding hydrogens is 284 g/mol. The quantitative estimate of drug-likeness (QED) is 0.448. The highest BCUT2D eigenvalue weighted by atomic mass is 16.5. The van der Waals surface area contributed by atoms with E-state index in [0.717, 1.165) is 17.7 Å². The van der Waals surface area contributed by atoms with E-state index in [1.54, 1.807) is 31.4 Å². The summed E-state index contributed by atoms with van der Waals surface area (Å²) < 4.78 is 5.08. The van der Waals surface area contributed by atoms with Crippen molar-refractivity contribution in [3.8, 4) is 17.6 Å². The Labute approximate surface area is 138 Å². The molecule has 2 nitrogen and oxygen atoms in total. The largest absolute Gasteiger partial charge is 0.497 e. The van der Waals surface area contributed by atoms with E-state index in [9.17, 15) is 4.79 Å². The fourth-order valence-electron chi connectivity index (χ4n) is 2.22. The summed E-state index contributed by atoms with van der Waals surface area (Å²) in [5.74, 6) is 6.23. The van der Waals surface area contributed by atoms with Gasteiger partial charge in [-0.05, 0) is 53.7 Å². The van der Waals surface area contributed by atoms with Gasteiger partial charge < -0.3 is 4.74 Å². The van der Waals surface area contributed by atoms with Crippen molar-refractivity contribution in [1.29, 1.82) is 0 Å². The third-order valence-corrected chi connectivity index (χ3v) is 3.66. The number of hydrogen-bond donors (Lipinski definition) is 0. The van der Waals surface area contributed by atoms with Gasteiger partial charge in [0.05, 0.1) is 7.11 Å². The molecule has 118 valence electrons. The first-order chi connectivity index (χ1) is 10.9. The number of benzene rings is 1. The molecule has 0 bridgehead atoms. The van der Waals surface area contributed by atoms with Crippen molar-refractivity contribution in [3.63, 3.8) is 0 Å². The molecule has 0 heterocycles. The third-order valence-electron chi connectivity index (χ3n) is 3.66. The molecule has 0 saturated heterocycles. The van der Waals surface area contributed by atoms with E-state index in [4.69, 9.17) is 4.74 Å². The molecule has 2 rings (SSSR count). The average molecular weight is 306 g/mol. The van der Waals surface area contributed by atoms with Gasteiger partial charge in [-0.3, -0.25) is 4.79 Å². The number of carbonyl (C=O) groups is 1. The second kappa shape index (κ2) is 7.15. The van der Waals surface area contributed by atoms with Gasteiger partial charge in [0.1, 0.15) is 5.75 Å². The molecule has 0 spiro atoms. The SMILES string of the molecule is COc1ccc(C(=O)C#CC2=CCC=C(C(C)(C)C)C=C2)cc1. The molecule has 1 aromatic carbocycles. The van der Waals surface area contributed by atoms with Crippen molar-refractivity contribution in [3.05, 3.63) is 65.3 Å². The van der Waals surface area contributed by atoms with Crippen LogP contribution in [0.5, 0.6) is 5.75 Å². The van der Waals surface area contributed by atoms with Crippen LogP contribution in [0.4, 0.5) is 0 Å². The van der Waals surface area contributed by atoms with Crippen LogP contribution < -0.4 is 4.74 Å². The first kappa shape index (κ1) is 16.8. The number of Topliss-reactive ketones (excluding diaryl/α,β-unsaturated/α-hetero) is 1. The second-order valence-electron chi connectivity index (χ2n) is 6.45. The van der Waals surface area contributed by atoms with E-state index in [1.807, 2.05) is 12.2 Å². The maximum atomic E-state index is 12.1. The number of allylic oxidation sites excluding steroid dienone is 6. The lowest BCUT2D eigenvalue weighted by Crippen LogP contribution is -2.06. The van der Waals surface area contributed by atoms with Crippen molar-refractivity contribution in [2.45, 2.75) is 27.2 Å². The predicted molar refractivity (Wildman–Crippen MR) is 94.5 cm³/mol. The Morgan fingerprint density at radius 1 is 1.09 bits per heavy atom. The Hall–Kier alpha value is -2.53. The van der Waals surface area contributed by atoms with Crippen LogP contribution in [0.25, 0.3) is 0 Å². The second-order valence-corrected chi connectivity index (χ2v) is 6.45.